The number of anilines is 1. The Bertz CT molecular complexity index is 484. The van der Waals surface area contributed by atoms with E-state index in [-0.39, 0.29) is 11.3 Å². The lowest BCUT2D eigenvalue weighted by molar-refractivity contribution is 0.0937. The van der Waals surface area contributed by atoms with E-state index < -0.39 is 0 Å². The maximum atomic E-state index is 12.1. The summed E-state index contributed by atoms with van der Waals surface area (Å²) in [7, 11) is 3.24. The first kappa shape index (κ1) is 14.7. The van der Waals surface area contributed by atoms with Crippen LogP contribution in [0.2, 0.25) is 0 Å². The lowest BCUT2D eigenvalue weighted by atomic mass is 10.0. The molecule has 0 bridgehead atoms. The normalized spacial score (nSPS) is 15.7. The molecule has 5 nitrogen and oxygen atoms in total. The molecule has 5 heteroatoms. The van der Waals surface area contributed by atoms with Crippen molar-refractivity contribution in [3.8, 4) is 5.75 Å². The van der Waals surface area contributed by atoms with Gasteiger partial charge in [0.05, 0.1) is 12.8 Å². The van der Waals surface area contributed by atoms with Crippen molar-refractivity contribution in [1.82, 2.24) is 5.32 Å². The number of hydrogen-bond acceptors (Lipinski definition) is 4. The second kappa shape index (κ2) is 6.13. The molecule has 1 saturated carbocycles. The number of carbonyl (C=O) groups is 1. The summed E-state index contributed by atoms with van der Waals surface area (Å²) in [5, 5.41) is 2.99. The molecule has 0 radical (unpaired) electrons. The third kappa shape index (κ3) is 3.42. The van der Waals surface area contributed by atoms with Crippen molar-refractivity contribution in [1.29, 1.82) is 0 Å². The Balaban J connectivity index is 1.92. The first-order valence-electron chi connectivity index (χ1n) is 6.81. The van der Waals surface area contributed by atoms with Gasteiger partial charge in [0.1, 0.15) is 5.75 Å². The average Bonchev–Trinajstić information content (AvgIpc) is 3.23. The first-order valence-corrected chi connectivity index (χ1v) is 6.81. The Kier molecular flexibility index (Phi) is 4.49. The number of carbonyl (C=O) groups excluding carboxylic acids is 1. The van der Waals surface area contributed by atoms with E-state index in [9.17, 15) is 4.79 Å². The number of nitrogens with one attached hydrogen (secondary N) is 1. The molecule has 0 atom stereocenters. The Morgan fingerprint density at radius 2 is 2.15 bits per heavy atom. The Morgan fingerprint density at radius 3 is 2.75 bits per heavy atom. The van der Waals surface area contributed by atoms with Crippen molar-refractivity contribution in [3.63, 3.8) is 0 Å². The van der Waals surface area contributed by atoms with E-state index in [1.807, 2.05) is 0 Å². The molecule has 1 amide bonds. The monoisotopic (exact) mass is 278 g/mol. The highest BCUT2D eigenvalue weighted by Gasteiger charge is 2.42. The highest BCUT2D eigenvalue weighted by molar-refractivity contribution is 5.95. The zero-order valence-corrected chi connectivity index (χ0v) is 12.1. The molecule has 0 aromatic heterocycles. The van der Waals surface area contributed by atoms with Gasteiger partial charge in [0.2, 0.25) is 0 Å². The summed E-state index contributed by atoms with van der Waals surface area (Å²) in [6.45, 7) is 1.44. The maximum Gasteiger partial charge on any atom is 0.251 e. The van der Waals surface area contributed by atoms with Crippen molar-refractivity contribution in [2.45, 2.75) is 19.3 Å². The second-order valence-electron chi connectivity index (χ2n) is 5.38. The van der Waals surface area contributed by atoms with Gasteiger partial charge in [0.25, 0.3) is 5.91 Å². The predicted molar refractivity (Wildman–Crippen MR) is 77.9 cm³/mol. The number of methoxy groups -OCH3 is 2. The van der Waals surface area contributed by atoms with Gasteiger partial charge in [-0.15, -0.1) is 0 Å². The molecule has 2 rings (SSSR count). The predicted octanol–water partition coefficient (Wildman–Crippen LogP) is 1.82. The molecule has 1 aromatic rings. The summed E-state index contributed by atoms with van der Waals surface area (Å²) in [6, 6.07) is 5.06. The Morgan fingerprint density at radius 1 is 1.40 bits per heavy atom. The van der Waals surface area contributed by atoms with Gasteiger partial charge in [-0.1, -0.05) is 0 Å². The number of ether oxygens (including phenoxy) is 2. The lowest BCUT2D eigenvalue weighted by Gasteiger charge is -2.15. The number of rotatable bonds is 7. The SMILES string of the molecule is COCCC1(CNC(=O)c2ccc(N)c(OC)c2)CC1. The summed E-state index contributed by atoms with van der Waals surface area (Å²) in [6.07, 6.45) is 3.30. The summed E-state index contributed by atoms with van der Waals surface area (Å²) in [4.78, 5) is 12.1. The van der Waals surface area contributed by atoms with Gasteiger partial charge in [-0.2, -0.15) is 0 Å². The summed E-state index contributed by atoms with van der Waals surface area (Å²) in [5.41, 5.74) is 7.08. The van der Waals surface area contributed by atoms with Crippen LogP contribution in [0.25, 0.3) is 0 Å². The van der Waals surface area contributed by atoms with Crippen molar-refractivity contribution < 1.29 is 14.3 Å². The van der Waals surface area contributed by atoms with Crippen LogP contribution in [-0.4, -0.2) is 33.3 Å². The van der Waals surface area contributed by atoms with Crippen LogP contribution in [0.15, 0.2) is 18.2 Å². The molecular formula is C15H22N2O3. The Labute approximate surface area is 119 Å². The lowest BCUT2D eigenvalue weighted by Crippen LogP contribution is -2.30. The molecule has 3 N–H and O–H groups in total. The van der Waals surface area contributed by atoms with E-state index in [0.29, 0.717) is 23.5 Å². The van der Waals surface area contributed by atoms with Crippen molar-refractivity contribution in [3.05, 3.63) is 23.8 Å². The summed E-state index contributed by atoms with van der Waals surface area (Å²) < 4.78 is 10.2. The molecular weight excluding hydrogens is 256 g/mol. The average molecular weight is 278 g/mol. The minimum absolute atomic E-state index is 0.0907. The van der Waals surface area contributed by atoms with E-state index >= 15 is 0 Å². The molecule has 1 aliphatic rings. The second-order valence-corrected chi connectivity index (χ2v) is 5.38. The van der Waals surface area contributed by atoms with Gasteiger partial charge >= 0.3 is 0 Å². The summed E-state index contributed by atoms with van der Waals surface area (Å²) >= 11 is 0. The van der Waals surface area contributed by atoms with Crippen LogP contribution in [-0.2, 0) is 4.74 Å². The smallest absolute Gasteiger partial charge is 0.251 e. The van der Waals surface area contributed by atoms with Gasteiger partial charge in [0.15, 0.2) is 0 Å². The van der Waals surface area contributed by atoms with Gasteiger partial charge < -0.3 is 20.5 Å². The topological polar surface area (TPSA) is 73.6 Å². The molecule has 1 aliphatic carbocycles. The van der Waals surface area contributed by atoms with Crippen molar-refractivity contribution in [2.24, 2.45) is 5.41 Å². The number of hydrogen-bond donors (Lipinski definition) is 2. The molecule has 1 aromatic carbocycles. The van der Waals surface area contributed by atoms with E-state index in [1.54, 1.807) is 25.3 Å². The fourth-order valence-electron chi connectivity index (χ4n) is 2.23. The van der Waals surface area contributed by atoms with E-state index in [4.69, 9.17) is 15.2 Å². The van der Waals surface area contributed by atoms with Crippen LogP contribution in [0.3, 0.4) is 0 Å². The van der Waals surface area contributed by atoms with Crippen LogP contribution in [0, 0.1) is 5.41 Å². The van der Waals surface area contributed by atoms with Gasteiger partial charge in [-0.3, -0.25) is 4.79 Å². The van der Waals surface area contributed by atoms with E-state index in [1.165, 1.54) is 7.11 Å². The molecule has 0 unspecified atom stereocenters. The Hall–Kier alpha value is -1.75. The standard InChI is InChI=1S/C15H22N2O3/c1-19-8-7-15(5-6-15)10-17-14(18)11-3-4-12(16)13(9-11)20-2/h3-4,9H,5-8,10,16H2,1-2H3,(H,17,18). The number of nitrogens with two attached hydrogens (primary N) is 1. The molecule has 110 valence electrons. The van der Waals surface area contributed by atoms with E-state index in [0.717, 1.165) is 25.9 Å². The fraction of sp³-hybridized carbons (Fsp3) is 0.533. The summed E-state index contributed by atoms with van der Waals surface area (Å²) in [5.74, 6) is 0.435. The fourth-order valence-corrected chi connectivity index (χ4v) is 2.23. The minimum Gasteiger partial charge on any atom is -0.495 e. The molecule has 0 spiro atoms. The largest absolute Gasteiger partial charge is 0.495 e. The van der Waals surface area contributed by atoms with Crippen LogP contribution < -0.4 is 15.8 Å². The quantitative estimate of drug-likeness (QED) is 0.746. The van der Waals surface area contributed by atoms with Gasteiger partial charge in [-0.05, 0) is 42.9 Å². The molecule has 0 saturated heterocycles. The zero-order valence-electron chi connectivity index (χ0n) is 12.1. The first-order chi connectivity index (χ1) is 9.60. The zero-order chi connectivity index (χ0) is 14.6. The maximum absolute atomic E-state index is 12.1. The highest BCUT2D eigenvalue weighted by atomic mass is 16.5. The van der Waals surface area contributed by atoms with Crippen LogP contribution >= 0.6 is 0 Å². The third-order valence-electron chi connectivity index (χ3n) is 3.91. The third-order valence-corrected chi connectivity index (χ3v) is 3.91. The van der Waals surface area contributed by atoms with Crippen molar-refractivity contribution >= 4 is 11.6 Å². The molecule has 0 heterocycles. The molecule has 0 aliphatic heterocycles. The van der Waals surface area contributed by atoms with Crippen LogP contribution in [0.1, 0.15) is 29.6 Å². The van der Waals surface area contributed by atoms with Gasteiger partial charge in [0, 0.05) is 25.8 Å². The number of amides is 1. The van der Waals surface area contributed by atoms with Crippen LogP contribution in [0.4, 0.5) is 5.69 Å². The van der Waals surface area contributed by atoms with Crippen molar-refractivity contribution in [2.75, 3.05) is 33.1 Å². The molecule has 20 heavy (non-hydrogen) atoms. The highest BCUT2D eigenvalue weighted by Crippen LogP contribution is 2.48. The number of benzene rings is 1. The minimum atomic E-state index is -0.0907. The van der Waals surface area contributed by atoms with Crippen LogP contribution in [0.5, 0.6) is 5.75 Å². The van der Waals surface area contributed by atoms with E-state index in [2.05, 4.69) is 5.32 Å². The van der Waals surface area contributed by atoms with Gasteiger partial charge in [-0.25, -0.2) is 0 Å². The number of nitrogen functional groups attached to an aromatic ring is 1. The molecule has 1 fully saturated rings.